The Balaban J connectivity index is 1.83. The normalized spacial score (nSPS) is 11.3. The van der Waals surface area contributed by atoms with Crippen molar-refractivity contribution in [1.29, 1.82) is 0 Å². The lowest BCUT2D eigenvalue weighted by atomic mass is 10.3. The van der Waals surface area contributed by atoms with Crippen molar-refractivity contribution in [2.24, 2.45) is 0 Å². The first-order valence-corrected chi connectivity index (χ1v) is 7.20. The van der Waals surface area contributed by atoms with E-state index in [0.29, 0.717) is 23.2 Å². The molecule has 4 aromatic rings. The highest BCUT2D eigenvalue weighted by molar-refractivity contribution is 5.61. The van der Waals surface area contributed by atoms with Gasteiger partial charge in [0.05, 0.1) is 11.3 Å². The summed E-state index contributed by atoms with van der Waals surface area (Å²) < 4.78 is 7.76. The van der Waals surface area contributed by atoms with E-state index < -0.39 is 0 Å². The quantitative estimate of drug-likeness (QED) is 0.566. The van der Waals surface area contributed by atoms with Crippen LogP contribution in [-0.2, 0) is 0 Å². The van der Waals surface area contributed by atoms with Crippen LogP contribution in [-0.4, -0.2) is 29.5 Å². The molecule has 7 heteroatoms. The summed E-state index contributed by atoms with van der Waals surface area (Å²) >= 11 is 0. The van der Waals surface area contributed by atoms with Crippen LogP contribution in [0.25, 0.3) is 28.7 Å². The molecule has 114 valence electrons. The number of imidazole rings is 1. The largest absolute Gasteiger partial charge is 0.414 e. The molecule has 0 spiro atoms. The van der Waals surface area contributed by atoms with E-state index in [9.17, 15) is 0 Å². The molecule has 0 aromatic carbocycles. The van der Waals surface area contributed by atoms with E-state index in [0.717, 1.165) is 22.6 Å². The van der Waals surface area contributed by atoms with Gasteiger partial charge in [0.15, 0.2) is 0 Å². The van der Waals surface area contributed by atoms with Crippen molar-refractivity contribution in [3.8, 4) is 23.0 Å². The SMILES string of the molecule is Cc1ccn2c(-c3nnc(-c4cnc(C)nc4)o3)c(C)nc2c1. The van der Waals surface area contributed by atoms with Crippen molar-refractivity contribution < 1.29 is 4.42 Å². The number of aryl methyl sites for hydroxylation is 3. The highest BCUT2D eigenvalue weighted by Gasteiger charge is 2.18. The molecule has 0 aliphatic rings. The van der Waals surface area contributed by atoms with Gasteiger partial charge in [0.1, 0.15) is 17.2 Å². The molecular weight excluding hydrogens is 292 g/mol. The van der Waals surface area contributed by atoms with E-state index in [2.05, 4.69) is 25.1 Å². The van der Waals surface area contributed by atoms with E-state index in [1.54, 1.807) is 12.4 Å². The van der Waals surface area contributed by atoms with Crippen LogP contribution >= 0.6 is 0 Å². The van der Waals surface area contributed by atoms with Gasteiger partial charge >= 0.3 is 0 Å². The highest BCUT2D eigenvalue weighted by Crippen LogP contribution is 2.26. The molecule has 0 N–H and O–H groups in total. The summed E-state index contributed by atoms with van der Waals surface area (Å²) in [4.78, 5) is 12.9. The number of pyridine rings is 1. The molecular formula is C16H14N6O. The number of nitrogens with zero attached hydrogens (tertiary/aromatic N) is 6. The van der Waals surface area contributed by atoms with Crippen molar-refractivity contribution in [2.45, 2.75) is 20.8 Å². The Bertz CT molecular complexity index is 999. The maximum absolute atomic E-state index is 5.81. The maximum atomic E-state index is 5.81. The third kappa shape index (κ3) is 2.26. The Morgan fingerprint density at radius 3 is 2.52 bits per heavy atom. The number of hydrogen-bond acceptors (Lipinski definition) is 6. The Morgan fingerprint density at radius 1 is 1.00 bits per heavy atom. The molecule has 4 aromatic heterocycles. The Labute approximate surface area is 132 Å². The molecule has 0 unspecified atom stereocenters. The molecule has 23 heavy (non-hydrogen) atoms. The molecule has 4 rings (SSSR count). The molecule has 0 aliphatic carbocycles. The summed E-state index contributed by atoms with van der Waals surface area (Å²) in [5, 5.41) is 8.26. The number of rotatable bonds is 2. The standard InChI is InChI=1S/C16H14N6O/c1-9-4-5-22-13(6-9)19-10(2)14(22)16-21-20-15(23-16)12-7-17-11(3)18-8-12/h4-8H,1-3H3. The van der Waals surface area contributed by atoms with Gasteiger partial charge in [0.2, 0.25) is 0 Å². The first kappa shape index (κ1) is 13.6. The smallest absolute Gasteiger partial charge is 0.266 e. The Kier molecular flexibility index (Phi) is 2.94. The van der Waals surface area contributed by atoms with Gasteiger partial charge in [0, 0.05) is 18.6 Å². The second-order valence-corrected chi connectivity index (χ2v) is 5.41. The summed E-state index contributed by atoms with van der Waals surface area (Å²) in [7, 11) is 0. The minimum atomic E-state index is 0.390. The zero-order chi connectivity index (χ0) is 16.0. The van der Waals surface area contributed by atoms with E-state index >= 15 is 0 Å². The van der Waals surface area contributed by atoms with Crippen LogP contribution in [0.15, 0.2) is 35.1 Å². The van der Waals surface area contributed by atoms with Crippen molar-refractivity contribution in [2.75, 3.05) is 0 Å². The van der Waals surface area contributed by atoms with Crippen LogP contribution < -0.4 is 0 Å². The van der Waals surface area contributed by atoms with Gasteiger partial charge in [-0.15, -0.1) is 10.2 Å². The average Bonchev–Trinajstić information content (AvgIpc) is 3.11. The van der Waals surface area contributed by atoms with Crippen LogP contribution in [0.3, 0.4) is 0 Å². The third-order valence-corrected chi connectivity index (χ3v) is 3.61. The van der Waals surface area contributed by atoms with E-state index in [4.69, 9.17) is 4.42 Å². The topological polar surface area (TPSA) is 82.0 Å². The summed E-state index contributed by atoms with van der Waals surface area (Å²) in [6.45, 7) is 5.79. The lowest BCUT2D eigenvalue weighted by Crippen LogP contribution is -1.89. The first-order chi connectivity index (χ1) is 11.1. The van der Waals surface area contributed by atoms with Crippen molar-refractivity contribution in [3.63, 3.8) is 0 Å². The predicted octanol–water partition coefficient (Wildman–Crippen LogP) is 2.77. The summed E-state index contributed by atoms with van der Waals surface area (Å²) in [6, 6.07) is 4.03. The lowest BCUT2D eigenvalue weighted by Gasteiger charge is -1.99. The van der Waals surface area contributed by atoms with Gasteiger partial charge in [-0.05, 0) is 38.5 Å². The molecule has 0 saturated carbocycles. The fourth-order valence-corrected chi connectivity index (χ4v) is 2.46. The summed E-state index contributed by atoms with van der Waals surface area (Å²) in [5.74, 6) is 1.51. The zero-order valence-corrected chi connectivity index (χ0v) is 13.0. The maximum Gasteiger partial charge on any atom is 0.266 e. The second kappa shape index (κ2) is 4.98. The van der Waals surface area contributed by atoms with Crippen LogP contribution in [0.2, 0.25) is 0 Å². The molecule has 0 amide bonds. The Hall–Kier alpha value is -3.09. The van der Waals surface area contributed by atoms with Gasteiger partial charge in [-0.25, -0.2) is 15.0 Å². The van der Waals surface area contributed by atoms with E-state index in [-0.39, 0.29) is 0 Å². The number of fused-ring (bicyclic) bond motifs is 1. The predicted molar refractivity (Wildman–Crippen MR) is 83.7 cm³/mol. The highest BCUT2D eigenvalue weighted by atomic mass is 16.4. The lowest BCUT2D eigenvalue weighted by molar-refractivity contribution is 0.580. The monoisotopic (exact) mass is 306 g/mol. The van der Waals surface area contributed by atoms with Crippen LogP contribution in [0.5, 0.6) is 0 Å². The molecule has 7 nitrogen and oxygen atoms in total. The summed E-state index contributed by atoms with van der Waals surface area (Å²) in [5.41, 5.74) is 4.34. The van der Waals surface area contributed by atoms with E-state index in [1.165, 1.54) is 0 Å². The second-order valence-electron chi connectivity index (χ2n) is 5.41. The van der Waals surface area contributed by atoms with Gasteiger partial charge in [-0.3, -0.25) is 4.40 Å². The fraction of sp³-hybridized carbons (Fsp3) is 0.188. The minimum absolute atomic E-state index is 0.390. The molecule has 0 saturated heterocycles. The number of hydrogen-bond donors (Lipinski definition) is 0. The fourth-order valence-electron chi connectivity index (χ4n) is 2.46. The van der Waals surface area contributed by atoms with Gasteiger partial charge in [-0.1, -0.05) is 0 Å². The molecule has 4 heterocycles. The zero-order valence-electron chi connectivity index (χ0n) is 13.0. The summed E-state index contributed by atoms with van der Waals surface area (Å²) in [6.07, 6.45) is 5.30. The van der Waals surface area contributed by atoms with Gasteiger partial charge < -0.3 is 4.42 Å². The van der Waals surface area contributed by atoms with Gasteiger partial charge in [0.25, 0.3) is 11.8 Å². The molecule has 0 bridgehead atoms. The van der Waals surface area contributed by atoms with Gasteiger partial charge in [-0.2, -0.15) is 0 Å². The van der Waals surface area contributed by atoms with Crippen molar-refractivity contribution >= 4 is 5.65 Å². The molecule has 0 aliphatic heterocycles. The molecule has 0 radical (unpaired) electrons. The first-order valence-electron chi connectivity index (χ1n) is 7.20. The number of aromatic nitrogens is 6. The third-order valence-electron chi connectivity index (χ3n) is 3.61. The van der Waals surface area contributed by atoms with Crippen LogP contribution in [0.4, 0.5) is 0 Å². The minimum Gasteiger partial charge on any atom is -0.414 e. The van der Waals surface area contributed by atoms with Crippen molar-refractivity contribution in [1.82, 2.24) is 29.5 Å². The van der Waals surface area contributed by atoms with Crippen LogP contribution in [0, 0.1) is 20.8 Å². The van der Waals surface area contributed by atoms with Crippen LogP contribution in [0.1, 0.15) is 17.1 Å². The molecule has 0 fully saturated rings. The average molecular weight is 306 g/mol. The Morgan fingerprint density at radius 2 is 1.74 bits per heavy atom. The van der Waals surface area contributed by atoms with E-state index in [1.807, 2.05) is 43.5 Å². The molecule has 0 atom stereocenters. The van der Waals surface area contributed by atoms with Crippen molar-refractivity contribution in [3.05, 3.63) is 47.8 Å².